The minimum Gasteiger partial charge on any atom is -0.480 e. The monoisotopic (exact) mass is 369 g/mol. The number of aliphatic imine (C=N–C) groups is 1. The van der Waals surface area contributed by atoms with Crippen LogP contribution in [-0.4, -0.2) is 33.0 Å². The van der Waals surface area contributed by atoms with Crippen LogP contribution in [0.5, 0.6) is 5.88 Å². The smallest absolute Gasteiger partial charge is 0.232 e. The molecule has 3 heterocycles. The average molecular weight is 369 g/mol. The van der Waals surface area contributed by atoms with Crippen molar-refractivity contribution in [3.63, 3.8) is 0 Å². The van der Waals surface area contributed by atoms with Crippen molar-refractivity contribution in [2.75, 3.05) is 7.11 Å². The van der Waals surface area contributed by atoms with E-state index >= 15 is 0 Å². The van der Waals surface area contributed by atoms with Crippen LogP contribution in [0.2, 0.25) is 0 Å². The number of pyridine rings is 1. The van der Waals surface area contributed by atoms with Gasteiger partial charge in [-0.15, -0.1) is 0 Å². The third-order valence-corrected chi connectivity index (χ3v) is 4.79. The van der Waals surface area contributed by atoms with Crippen molar-refractivity contribution in [1.82, 2.24) is 15.0 Å². The summed E-state index contributed by atoms with van der Waals surface area (Å²) in [5.74, 6) is 0.222. The molecule has 0 aromatic carbocycles. The number of ketones is 1. The average Bonchev–Trinajstić information content (AvgIpc) is 2.61. The lowest BCUT2D eigenvalue weighted by Crippen LogP contribution is -2.28. The number of aromatic nitrogens is 3. The molecule has 134 valence electrons. The van der Waals surface area contributed by atoms with Crippen LogP contribution in [-0.2, 0) is 12.0 Å². The third-order valence-electron chi connectivity index (χ3n) is 4.05. The molecule has 0 spiro atoms. The summed E-state index contributed by atoms with van der Waals surface area (Å²) in [6.07, 6.45) is 7.09. The Bertz CT molecular complexity index is 881. The number of thioether (sulfide) groups is 1. The van der Waals surface area contributed by atoms with E-state index in [0.717, 1.165) is 16.0 Å². The van der Waals surface area contributed by atoms with E-state index in [2.05, 4.69) is 26.5 Å². The number of carbonyl (C=O) groups is 1. The summed E-state index contributed by atoms with van der Waals surface area (Å²) in [5.41, 5.74) is 7.34. The van der Waals surface area contributed by atoms with Crippen molar-refractivity contribution >= 4 is 22.7 Å². The van der Waals surface area contributed by atoms with Gasteiger partial charge in [0.1, 0.15) is 5.69 Å². The van der Waals surface area contributed by atoms with Crippen LogP contribution in [0, 0.1) is 0 Å². The predicted octanol–water partition coefficient (Wildman–Crippen LogP) is 2.49. The number of nitrogens with two attached hydrogens (primary N) is 1. The Labute approximate surface area is 155 Å². The summed E-state index contributed by atoms with van der Waals surface area (Å²) >= 11 is 1.39. The molecule has 1 aliphatic rings. The van der Waals surface area contributed by atoms with Crippen LogP contribution in [0.15, 0.2) is 47.3 Å². The molecule has 3 rings (SSSR count). The normalized spacial score (nSPS) is 19.8. The quantitative estimate of drug-likeness (QED) is 0.808. The number of hydrogen-bond acceptors (Lipinski definition) is 8. The van der Waals surface area contributed by atoms with Gasteiger partial charge in [-0.2, -0.15) is 0 Å². The highest BCUT2D eigenvalue weighted by molar-refractivity contribution is 8.17. The molecule has 26 heavy (non-hydrogen) atoms. The first kappa shape index (κ1) is 18.1. The minimum absolute atomic E-state index is 0.143. The van der Waals surface area contributed by atoms with Gasteiger partial charge in [0.2, 0.25) is 5.88 Å². The molecular formula is C18H19N5O2S. The Kier molecular flexibility index (Phi) is 5.03. The fourth-order valence-electron chi connectivity index (χ4n) is 2.76. The second kappa shape index (κ2) is 7.25. The molecule has 2 N–H and O–H groups in total. The SMILES string of the molecule is C=C1C[C@@](C)(c2cncc(CC(=O)c3cnc(OC)cn3)c2)N=C(N)S1. The summed E-state index contributed by atoms with van der Waals surface area (Å²) in [6, 6.07) is 1.93. The van der Waals surface area contributed by atoms with E-state index in [0.29, 0.717) is 17.5 Å². The fourth-order valence-corrected chi connectivity index (χ4v) is 3.66. The van der Waals surface area contributed by atoms with Crippen LogP contribution in [0.1, 0.15) is 35.0 Å². The van der Waals surface area contributed by atoms with E-state index in [1.165, 1.54) is 31.3 Å². The zero-order valence-electron chi connectivity index (χ0n) is 14.6. The van der Waals surface area contributed by atoms with Crippen molar-refractivity contribution in [3.05, 3.63) is 59.2 Å². The van der Waals surface area contributed by atoms with Gasteiger partial charge in [-0.05, 0) is 29.0 Å². The van der Waals surface area contributed by atoms with Crippen LogP contribution in [0.4, 0.5) is 0 Å². The second-order valence-electron chi connectivity index (χ2n) is 6.17. The Morgan fingerprint density at radius 1 is 1.35 bits per heavy atom. The van der Waals surface area contributed by atoms with Crippen LogP contribution in [0.25, 0.3) is 0 Å². The summed E-state index contributed by atoms with van der Waals surface area (Å²) in [6.45, 7) is 6.00. The number of nitrogens with zero attached hydrogens (tertiary/aromatic N) is 4. The van der Waals surface area contributed by atoms with Crippen LogP contribution in [0.3, 0.4) is 0 Å². The Hall–Kier alpha value is -2.74. The van der Waals surface area contributed by atoms with Crippen molar-refractivity contribution in [3.8, 4) is 5.88 Å². The first-order valence-electron chi connectivity index (χ1n) is 7.94. The van der Waals surface area contributed by atoms with Gasteiger partial charge in [-0.1, -0.05) is 18.3 Å². The predicted molar refractivity (Wildman–Crippen MR) is 101 cm³/mol. The lowest BCUT2D eigenvalue weighted by molar-refractivity contribution is 0.0987. The van der Waals surface area contributed by atoms with E-state index in [1.54, 1.807) is 12.4 Å². The number of amidine groups is 1. The number of rotatable bonds is 5. The van der Waals surface area contributed by atoms with Gasteiger partial charge in [0.05, 0.1) is 25.0 Å². The molecule has 0 fully saturated rings. The first-order chi connectivity index (χ1) is 12.4. The van der Waals surface area contributed by atoms with Crippen LogP contribution >= 0.6 is 11.8 Å². The highest BCUT2D eigenvalue weighted by Crippen LogP contribution is 2.40. The summed E-state index contributed by atoms with van der Waals surface area (Å²) in [5, 5.41) is 0.485. The van der Waals surface area contributed by atoms with E-state index < -0.39 is 5.54 Å². The molecule has 1 atom stereocenters. The second-order valence-corrected chi connectivity index (χ2v) is 7.37. The number of ether oxygens (including phenoxy) is 1. The molecule has 0 bridgehead atoms. The molecule has 0 saturated carbocycles. The first-order valence-corrected chi connectivity index (χ1v) is 8.76. The molecular weight excluding hydrogens is 350 g/mol. The number of Topliss-reactive ketones (excluding diaryl/α,β-unsaturated/α-hetero) is 1. The van der Waals surface area contributed by atoms with Crippen molar-refractivity contribution in [2.45, 2.75) is 25.3 Å². The highest BCUT2D eigenvalue weighted by atomic mass is 32.2. The molecule has 2 aromatic heterocycles. The Balaban J connectivity index is 1.82. The van der Waals surface area contributed by atoms with Gasteiger partial charge in [0.25, 0.3) is 0 Å². The van der Waals surface area contributed by atoms with Gasteiger partial charge in [-0.3, -0.25) is 14.8 Å². The van der Waals surface area contributed by atoms with E-state index in [4.69, 9.17) is 10.5 Å². The van der Waals surface area contributed by atoms with Crippen molar-refractivity contribution < 1.29 is 9.53 Å². The topological polar surface area (TPSA) is 103 Å². The van der Waals surface area contributed by atoms with Crippen LogP contribution < -0.4 is 10.5 Å². The zero-order valence-corrected chi connectivity index (χ0v) is 15.4. The summed E-state index contributed by atoms with van der Waals surface area (Å²) in [7, 11) is 1.50. The van der Waals surface area contributed by atoms with E-state index in [1.807, 2.05) is 13.0 Å². The van der Waals surface area contributed by atoms with Crippen molar-refractivity contribution in [1.29, 1.82) is 0 Å². The van der Waals surface area contributed by atoms with Gasteiger partial charge in [0.15, 0.2) is 11.0 Å². The molecule has 7 nitrogen and oxygen atoms in total. The van der Waals surface area contributed by atoms with E-state index in [9.17, 15) is 4.79 Å². The fraction of sp³-hybridized carbons (Fsp3) is 0.278. The maximum atomic E-state index is 12.4. The molecule has 0 amide bonds. The maximum Gasteiger partial charge on any atom is 0.232 e. The summed E-state index contributed by atoms with van der Waals surface area (Å²) in [4.78, 5) is 30.3. The highest BCUT2D eigenvalue weighted by Gasteiger charge is 2.32. The van der Waals surface area contributed by atoms with Crippen molar-refractivity contribution in [2.24, 2.45) is 10.7 Å². The molecule has 0 saturated heterocycles. The third kappa shape index (κ3) is 3.91. The largest absolute Gasteiger partial charge is 0.480 e. The van der Waals surface area contributed by atoms with Gasteiger partial charge in [0, 0.05) is 25.2 Å². The standard InChI is InChI=1S/C18H19N5O2S/c1-11-6-18(2,23-17(19)26-11)13-4-12(7-20-8-13)5-15(24)14-9-22-16(25-3)10-21-14/h4,7-10H,1,5-6H2,2-3H3,(H2,19,23)/t18-/m0/s1. The molecule has 1 aliphatic heterocycles. The minimum atomic E-state index is -0.529. The van der Waals surface area contributed by atoms with Gasteiger partial charge in [-0.25, -0.2) is 9.97 Å². The number of methoxy groups -OCH3 is 1. The Morgan fingerprint density at radius 3 is 2.81 bits per heavy atom. The Morgan fingerprint density at radius 2 is 2.15 bits per heavy atom. The maximum absolute atomic E-state index is 12.4. The van der Waals surface area contributed by atoms with Gasteiger partial charge >= 0.3 is 0 Å². The molecule has 2 aromatic rings. The lowest BCUT2D eigenvalue weighted by atomic mass is 9.89. The molecule has 0 aliphatic carbocycles. The molecule has 8 heteroatoms. The molecule has 0 unspecified atom stereocenters. The molecule has 0 radical (unpaired) electrons. The van der Waals surface area contributed by atoms with E-state index in [-0.39, 0.29) is 17.9 Å². The number of carbonyl (C=O) groups excluding carboxylic acids is 1. The lowest BCUT2D eigenvalue weighted by Gasteiger charge is -2.30. The summed E-state index contributed by atoms with van der Waals surface area (Å²) < 4.78 is 4.95. The number of hydrogen-bond donors (Lipinski definition) is 1. The zero-order chi connectivity index (χ0) is 18.7. The van der Waals surface area contributed by atoms with Gasteiger partial charge < -0.3 is 10.5 Å².